The van der Waals surface area contributed by atoms with Gasteiger partial charge < -0.3 is 16.0 Å². The minimum atomic E-state index is -0.362. The molecule has 28 heavy (non-hydrogen) atoms. The van der Waals surface area contributed by atoms with Crippen molar-refractivity contribution in [1.29, 1.82) is 0 Å². The SMILES string of the molecule is O=c1c(NCCCCCCSC2CCC(Cl)CC2)c(NC2CCNCC2)c1=O. The lowest BCUT2D eigenvalue weighted by atomic mass is 10.00. The second-order valence-electron chi connectivity index (χ2n) is 8.16. The largest absolute Gasteiger partial charge is 0.380 e. The van der Waals surface area contributed by atoms with Crippen LogP contribution in [0.4, 0.5) is 11.4 Å². The van der Waals surface area contributed by atoms with Gasteiger partial charge >= 0.3 is 0 Å². The summed E-state index contributed by atoms with van der Waals surface area (Å²) >= 11 is 8.28. The smallest absolute Gasteiger partial charge is 0.253 e. The first-order chi connectivity index (χ1) is 13.6. The molecule has 1 aliphatic heterocycles. The van der Waals surface area contributed by atoms with E-state index in [2.05, 4.69) is 27.7 Å². The van der Waals surface area contributed by atoms with Crippen LogP contribution in [0.5, 0.6) is 0 Å². The van der Waals surface area contributed by atoms with Crippen LogP contribution in [0.1, 0.15) is 64.2 Å². The van der Waals surface area contributed by atoms with Crippen molar-refractivity contribution >= 4 is 34.7 Å². The summed E-state index contributed by atoms with van der Waals surface area (Å²) in [4.78, 5) is 23.7. The van der Waals surface area contributed by atoms with Gasteiger partial charge in [0.2, 0.25) is 0 Å². The lowest BCUT2D eigenvalue weighted by molar-refractivity contribution is 0.479. The summed E-state index contributed by atoms with van der Waals surface area (Å²) in [5.41, 5.74) is 0.301. The van der Waals surface area contributed by atoms with E-state index in [1.807, 2.05) is 0 Å². The third kappa shape index (κ3) is 6.39. The highest BCUT2D eigenvalue weighted by Gasteiger charge is 2.24. The minimum Gasteiger partial charge on any atom is -0.380 e. The summed E-state index contributed by atoms with van der Waals surface area (Å²) in [7, 11) is 0. The van der Waals surface area contributed by atoms with Crippen LogP contribution in [0.25, 0.3) is 0 Å². The number of alkyl halides is 1. The fourth-order valence-corrected chi connectivity index (χ4v) is 5.66. The van der Waals surface area contributed by atoms with E-state index in [9.17, 15) is 9.59 Å². The van der Waals surface area contributed by atoms with Gasteiger partial charge in [-0.3, -0.25) is 9.59 Å². The average Bonchev–Trinajstić information content (AvgIpc) is 2.73. The van der Waals surface area contributed by atoms with Crippen LogP contribution in [-0.4, -0.2) is 42.1 Å². The van der Waals surface area contributed by atoms with E-state index in [0.717, 1.165) is 50.6 Å². The highest BCUT2D eigenvalue weighted by Crippen LogP contribution is 2.31. The molecule has 3 N–H and O–H groups in total. The van der Waals surface area contributed by atoms with Crippen molar-refractivity contribution in [3.8, 4) is 0 Å². The second-order valence-corrected chi connectivity index (χ2v) is 10.2. The molecular formula is C21H34ClN3O2S. The molecule has 158 valence electrons. The average molecular weight is 428 g/mol. The molecule has 1 aliphatic carbocycles. The molecule has 3 rings (SSSR count). The molecular weight excluding hydrogens is 394 g/mol. The Morgan fingerprint density at radius 2 is 1.57 bits per heavy atom. The normalized spacial score (nSPS) is 23.8. The van der Waals surface area contributed by atoms with Crippen LogP contribution in [0.15, 0.2) is 9.59 Å². The first kappa shape index (κ1) is 22.0. The van der Waals surface area contributed by atoms with E-state index in [-0.39, 0.29) is 10.9 Å². The van der Waals surface area contributed by atoms with Crippen molar-refractivity contribution in [3.05, 3.63) is 20.4 Å². The predicted molar refractivity (Wildman–Crippen MR) is 122 cm³/mol. The highest BCUT2D eigenvalue weighted by atomic mass is 35.5. The van der Waals surface area contributed by atoms with Crippen LogP contribution in [0.3, 0.4) is 0 Å². The van der Waals surface area contributed by atoms with E-state index in [0.29, 0.717) is 22.8 Å². The van der Waals surface area contributed by atoms with Gasteiger partial charge in [-0.1, -0.05) is 12.8 Å². The Hall–Kier alpha value is -0.720. The lowest BCUT2D eigenvalue weighted by Crippen LogP contribution is -2.42. The number of halogens is 1. The molecule has 0 unspecified atom stereocenters. The fraction of sp³-hybridized carbons (Fsp3) is 0.810. The molecule has 1 aromatic carbocycles. The van der Waals surface area contributed by atoms with Crippen molar-refractivity contribution in [1.82, 2.24) is 5.32 Å². The molecule has 7 heteroatoms. The molecule has 2 fully saturated rings. The summed E-state index contributed by atoms with van der Waals surface area (Å²) in [5.74, 6) is 1.24. The number of nitrogens with one attached hydrogen (secondary N) is 3. The van der Waals surface area contributed by atoms with Crippen LogP contribution in [-0.2, 0) is 0 Å². The van der Waals surface area contributed by atoms with E-state index in [4.69, 9.17) is 11.6 Å². The van der Waals surface area contributed by atoms with Gasteiger partial charge in [0.05, 0.1) is 0 Å². The lowest BCUT2D eigenvalue weighted by Gasteiger charge is -2.26. The maximum absolute atomic E-state index is 11.9. The van der Waals surface area contributed by atoms with Gasteiger partial charge in [0.15, 0.2) is 0 Å². The molecule has 1 heterocycles. The second kappa shape index (κ2) is 11.5. The van der Waals surface area contributed by atoms with E-state index >= 15 is 0 Å². The van der Waals surface area contributed by atoms with Gasteiger partial charge in [-0.25, -0.2) is 0 Å². The fourth-order valence-electron chi connectivity index (χ4n) is 4.10. The number of anilines is 2. The quantitative estimate of drug-likeness (QED) is 0.284. The molecule has 1 saturated carbocycles. The van der Waals surface area contributed by atoms with Gasteiger partial charge in [-0.15, -0.1) is 11.6 Å². The summed E-state index contributed by atoms with van der Waals surface area (Å²) in [6.07, 6.45) is 11.6. The monoisotopic (exact) mass is 427 g/mol. The summed E-state index contributed by atoms with van der Waals surface area (Å²) in [5, 5.41) is 11.0. The maximum Gasteiger partial charge on any atom is 0.253 e. The number of rotatable bonds is 11. The van der Waals surface area contributed by atoms with Gasteiger partial charge in [0, 0.05) is 23.2 Å². The zero-order valence-corrected chi connectivity index (χ0v) is 18.3. The number of thioether (sulfide) groups is 1. The van der Waals surface area contributed by atoms with Crippen LogP contribution in [0.2, 0.25) is 0 Å². The van der Waals surface area contributed by atoms with Gasteiger partial charge in [-0.05, 0) is 70.2 Å². The van der Waals surface area contributed by atoms with Gasteiger partial charge in [0.25, 0.3) is 10.9 Å². The van der Waals surface area contributed by atoms with E-state index in [1.54, 1.807) is 0 Å². The van der Waals surface area contributed by atoms with Gasteiger partial charge in [-0.2, -0.15) is 11.8 Å². The van der Waals surface area contributed by atoms with Crippen molar-refractivity contribution in [2.45, 2.75) is 80.9 Å². The third-order valence-electron chi connectivity index (χ3n) is 5.93. The molecule has 0 spiro atoms. The van der Waals surface area contributed by atoms with Crippen LogP contribution < -0.4 is 26.8 Å². The predicted octanol–water partition coefficient (Wildman–Crippen LogP) is 3.70. The van der Waals surface area contributed by atoms with E-state index < -0.39 is 0 Å². The minimum absolute atomic E-state index is 0.294. The van der Waals surface area contributed by atoms with Crippen molar-refractivity contribution in [2.75, 3.05) is 36.0 Å². The molecule has 0 atom stereocenters. The molecule has 5 nitrogen and oxygen atoms in total. The van der Waals surface area contributed by atoms with Crippen molar-refractivity contribution in [3.63, 3.8) is 0 Å². The molecule has 0 radical (unpaired) electrons. The van der Waals surface area contributed by atoms with Crippen LogP contribution in [0, 0.1) is 0 Å². The Morgan fingerprint density at radius 1 is 0.893 bits per heavy atom. The Morgan fingerprint density at radius 3 is 2.32 bits per heavy atom. The van der Waals surface area contributed by atoms with Crippen molar-refractivity contribution in [2.24, 2.45) is 0 Å². The first-order valence-electron chi connectivity index (χ1n) is 10.9. The van der Waals surface area contributed by atoms with Crippen molar-refractivity contribution < 1.29 is 0 Å². The summed E-state index contributed by atoms with van der Waals surface area (Å²) < 4.78 is 0. The third-order valence-corrected chi connectivity index (χ3v) is 7.83. The number of hydrogen-bond donors (Lipinski definition) is 3. The topological polar surface area (TPSA) is 70.2 Å². The standard InChI is InChI=1S/C21H34ClN3O2S/c22-15-5-7-17(8-6-15)28-14-4-2-1-3-11-24-18-19(21(27)20(18)26)25-16-9-12-23-13-10-16/h15-17,23-25H,1-14H2. The maximum atomic E-state index is 11.9. The van der Waals surface area contributed by atoms with E-state index in [1.165, 1.54) is 44.3 Å². The molecule has 0 bridgehead atoms. The molecule has 0 aromatic heterocycles. The first-order valence-corrected chi connectivity index (χ1v) is 12.4. The van der Waals surface area contributed by atoms with Crippen LogP contribution >= 0.6 is 23.4 Å². The summed E-state index contributed by atoms with van der Waals surface area (Å²) in [6, 6.07) is 0.294. The number of hydrogen-bond acceptors (Lipinski definition) is 6. The molecule has 0 amide bonds. The Bertz CT molecular complexity index is 663. The number of unbranched alkanes of at least 4 members (excludes halogenated alkanes) is 3. The highest BCUT2D eigenvalue weighted by molar-refractivity contribution is 7.99. The van der Waals surface area contributed by atoms with Gasteiger partial charge in [0.1, 0.15) is 11.4 Å². The molecule has 2 aliphatic rings. The Labute approximate surface area is 177 Å². The zero-order valence-electron chi connectivity index (χ0n) is 16.7. The molecule has 1 saturated heterocycles. The number of piperidine rings is 1. The Balaban J connectivity index is 1.25. The Kier molecular flexibility index (Phi) is 9.00. The zero-order chi connectivity index (χ0) is 19.8. The molecule has 1 aromatic rings. The summed E-state index contributed by atoms with van der Waals surface area (Å²) in [6.45, 7) is 2.68.